The van der Waals surface area contributed by atoms with Crippen molar-refractivity contribution in [2.24, 2.45) is 7.05 Å². The number of carbonyl (C=O) groups is 1. The summed E-state index contributed by atoms with van der Waals surface area (Å²) in [6, 6.07) is 18.0. The van der Waals surface area contributed by atoms with Crippen LogP contribution in [0.1, 0.15) is 22.7 Å². The van der Waals surface area contributed by atoms with Gasteiger partial charge in [-0.3, -0.25) is 10.00 Å². The van der Waals surface area contributed by atoms with Crippen LogP contribution >= 0.6 is 0 Å². The highest BCUT2D eigenvalue weighted by Gasteiger charge is 2.29. The van der Waals surface area contributed by atoms with Crippen molar-refractivity contribution in [3.05, 3.63) is 71.4 Å². The molecule has 1 heterocycles. The zero-order valence-corrected chi connectivity index (χ0v) is 14.3. The normalized spacial score (nSPS) is 12.5. The minimum atomic E-state index is -0.542. The minimum absolute atomic E-state index is 0.0210. The van der Waals surface area contributed by atoms with Gasteiger partial charge >= 0.3 is 6.09 Å². The molecule has 1 aliphatic rings. The third-order valence-corrected chi connectivity index (χ3v) is 4.67. The van der Waals surface area contributed by atoms with E-state index in [1.54, 1.807) is 13.1 Å². The summed E-state index contributed by atoms with van der Waals surface area (Å²) in [7, 11) is 1.69. The summed E-state index contributed by atoms with van der Waals surface area (Å²) < 4.78 is 6.98. The Bertz CT molecular complexity index is 919. The molecule has 1 aliphatic carbocycles. The third kappa shape index (κ3) is 2.84. The van der Waals surface area contributed by atoms with Gasteiger partial charge in [0.1, 0.15) is 12.4 Å². The van der Waals surface area contributed by atoms with E-state index in [4.69, 9.17) is 9.84 Å². The molecule has 1 aromatic heterocycles. The lowest BCUT2D eigenvalue weighted by Crippen LogP contribution is -2.19. The molecule has 3 aromatic rings. The molecule has 0 bridgehead atoms. The number of hydrogen-bond donors (Lipinski definition) is 2. The Morgan fingerprint density at radius 1 is 1.15 bits per heavy atom. The molecule has 0 atom stereocenters. The van der Waals surface area contributed by atoms with Crippen molar-refractivity contribution in [3.8, 4) is 11.1 Å². The predicted octanol–water partition coefficient (Wildman–Crippen LogP) is 3.27. The fourth-order valence-electron chi connectivity index (χ4n) is 3.46. The maximum absolute atomic E-state index is 12.2. The summed E-state index contributed by atoms with van der Waals surface area (Å²) in [6.07, 6.45) is -0.542. The van der Waals surface area contributed by atoms with E-state index in [0.717, 1.165) is 0 Å². The molecule has 6 heteroatoms. The van der Waals surface area contributed by atoms with Crippen LogP contribution in [0.5, 0.6) is 0 Å². The summed E-state index contributed by atoms with van der Waals surface area (Å²) in [4.78, 5) is 12.2. The molecule has 0 unspecified atom stereocenters. The van der Waals surface area contributed by atoms with Crippen molar-refractivity contribution in [2.75, 3.05) is 11.9 Å². The molecule has 0 radical (unpaired) electrons. The SMILES string of the molecule is Cn1nc(CO)cc1NC(=O)OCC1c2ccccc2-c2ccccc21. The Morgan fingerprint density at radius 3 is 2.35 bits per heavy atom. The van der Waals surface area contributed by atoms with Gasteiger partial charge in [0.05, 0.1) is 12.3 Å². The first-order valence-corrected chi connectivity index (χ1v) is 8.43. The topological polar surface area (TPSA) is 76.4 Å². The molecule has 0 fully saturated rings. The summed E-state index contributed by atoms with van der Waals surface area (Å²) in [5, 5.41) is 15.9. The highest BCUT2D eigenvalue weighted by Crippen LogP contribution is 2.44. The Labute approximate surface area is 151 Å². The molecule has 2 N–H and O–H groups in total. The fraction of sp³-hybridized carbons (Fsp3) is 0.200. The number of rotatable bonds is 4. The van der Waals surface area contributed by atoms with Gasteiger partial charge in [0.25, 0.3) is 0 Å². The molecular weight excluding hydrogens is 330 g/mol. The van der Waals surface area contributed by atoms with Crippen LogP contribution in [0.15, 0.2) is 54.6 Å². The van der Waals surface area contributed by atoms with E-state index in [2.05, 4.69) is 34.7 Å². The Morgan fingerprint density at radius 2 is 1.77 bits per heavy atom. The Balaban J connectivity index is 1.49. The van der Waals surface area contributed by atoms with E-state index < -0.39 is 6.09 Å². The number of nitrogens with one attached hydrogen (secondary N) is 1. The third-order valence-electron chi connectivity index (χ3n) is 4.67. The van der Waals surface area contributed by atoms with Crippen LogP contribution in [0.2, 0.25) is 0 Å². The highest BCUT2D eigenvalue weighted by atomic mass is 16.5. The monoisotopic (exact) mass is 349 g/mol. The molecule has 0 saturated carbocycles. The smallest absolute Gasteiger partial charge is 0.412 e. The predicted molar refractivity (Wildman–Crippen MR) is 97.8 cm³/mol. The second-order valence-corrected chi connectivity index (χ2v) is 6.25. The van der Waals surface area contributed by atoms with Gasteiger partial charge < -0.3 is 9.84 Å². The van der Waals surface area contributed by atoms with E-state index in [9.17, 15) is 4.79 Å². The first-order valence-electron chi connectivity index (χ1n) is 8.43. The van der Waals surface area contributed by atoms with Crippen LogP contribution in [0.4, 0.5) is 10.6 Å². The van der Waals surface area contributed by atoms with Crippen molar-refractivity contribution in [2.45, 2.75) is 12.5 Å². The fourth-order valence-corrected chi connectivity index (χ4v) is 3.46. The van der Waals surface area contributed by atoms with Gasteiger partial charge in [-0.25, -0.2) is 4.79 Å². The number of fused-ring (bicyclic) bond motifs is 3. The second-order valence-electron chi connectivity index (χ2n) is 6.25. The van der Waals surface area contributed by atoms with Gasteiger partial charge in [-0.05, 0) is 22.3 Å². The molecule has 1 amide bonds. The number of ether oxygens (including phenoxy) is 1. The molecule has 2 aromatic carbocycles. The molecule has 26 heavy (non-hydrogen) atoms. The van der Waals surface area contributed by atoms with E-state index in [1.807, 2.05) is 24.3 Å². The van der Waals surface area contributed by atoms with Gasteiger partial charge in [0.15, 0.2) is 0 Å². The average molecular weight is 349 g/mol. The van der Waals surface area contributed by atoms with Gasteiger partial charge in [-0.15, -0.1) is 0 Å². The number of anilines is 1. The minimum Gasteiger partial charge on any atom is -0.448 e. The Hall–Kier alpha value is -3.12. The van der Waals surface area contributed by atoms with Crippen LogP contribution in [0, 0.1) is 0 Å². The second kappa shape index (κ2) is 6.65. The summed E-state index contributed by atoms with van der Waals surface area (Å²) in [5.74, 6) is 0.499. The number of aromatic nitrogens is 2. The number of hydrogen-bond acceptors (Lipinski definition) is 4. The highest BCUT2D eigenvalue weighted by molar-refractivity contribution is 5.84. The van der Waals surface area contributed by atoms with Gasteiger partial charge in [0, 0.05) is 19.0 Å². The largest absolute Gasteiger partial charge is 0.448 e. The lowest BCUT2D eigenvalue weighted by Gasteiger charge is -2.14. The summed E-state index contributed by atoms with van der Waals surface area (Å²) in [6.45, 7) is 0.0742. The van der Waals surface area contributed by atoms with E-state index in [1.165, 1.54) is 26.9 Å². The van der Waals surface area contributed by atoms with Crippen molar-refractivity contribution in [1.29, 1.82) is 0 Å². The lowest BCUT2D eigenvalue weighted by molar-refractivity contribution is 0.158. The number of aliphatic hydroxyl groups excluding tert-OH is 1. The molecule has 0 saturated heterocycles. The van der Waals surface area contributed by atoms with E-state index in [-0.39, 0.29) is 19.1 Å². The number of benzene rings is 2. The van der Waals surface area contributed by atoms with Crippen LogP contribution in [0.25, 0.3) is 11.1 Å². The van der Waals surface area contributed by atoms with Crippen LogP contribution in [-0.4, -0.2) is 27.6 Å². The quantitative estimate of drug-likeness (QED) is 0.758. The van der Waals surface area contributed by atoms with Gasteiger partial charge in [-0.1, -0.05) is 48.5 Å². The first kappa shape index (κ1) is 16.4. The maximum atomic E-state index is 12.2. The zero-order valence-electron chi connectivity index (χ0n) is 14.3. The standard InChI is InChI=1S/C20H19N3O3/c1-23-19(10-13(11-24)22-23)21-20(25)26-12-18-16-8-4-2-6-14(16)15-7-3-5-9-17(15)18/h2-10,18,24H,11-12H2,1H3,(H,21,25). The van der Waals surface area contributed by atoms with Gasteiger partial charge in [-0.2, -0.15) is 5.10 Å². The van der Waals surface area contributed by atoms with E-state index >= 15 is 0 Å². The first-order chi connectivity index (χ1) is 12.7. The molecule has 132 valence electrons. The van der Waals surface area contributed by atoms with Crippen molar-refractivity contribution in [3.63, 3.8) is 0 Å². The van der Waals surface area contributed by atoms with Crippen LogP contribution in [0.3, 0.4) is 0 Å². The Kier molecular flexibility index (Phi) is 4.18. The van der Waals surface area contributed by atoms with E-state index in [0.29, 0.717) is 11.5 Å². The number of aryl methyl sites for hydroxylation is 1. The lowest BCUT2D eigenvalue weighted by atomic mass is 9.98. The van der Waals surface area contributed by atoms with Crippen molar-refractivity contribution in [1.82, 2.24) is 9.78 Å². The summed E-state index contributed by atoms with van der Waals surface area (Å²) >= 11 is 0. The number of nitrogens with zero attached hydrogens (tertiary/aromatic N) is 2. The molecule has 6 nitrogen and oxygen atoms in total. The number of amides is 1. The van der Waals surface area contributed by atoms with Crippen molar-refractivity contribution < 1.29 is 14.6 Å². The summed E-state index contributed by atoms with van der Waals surface area (Å²) in [5.41, 5.74) is 5.21. The molecule has 0 aliphatic heterocycles. The van der Waals surface area contributed by atoms with Gasteiger partial charge in [0.2, 0.25) is 0 Å². The van der Waals surface area contributed by atoms with Crippen LogP contribution < -0.4 is 5.32 Å². The average Bonchev–Trinajstić information content (AvgIpc) is 3.18. The van der Waals surface area contributed by atoms with Crippen molar-refractivity contribution >= 4 is 11.9 Å². The molecular formula is C20H19N3O3. The maximum Gasteiger partial charge on any atom is 0.412 e. The molecule has 0 spiro atoms. The number of carbonyl (C=O) groups excluding carboxylic acids is 1. The van der Waals surface area contributed by atoms with Crippen LogP contribution in [-0.2, 0) is 18.4 Å². The number of aliphatic hydroxyl groups is 1. The molecule has 4 rings (SSSR count). The zero-order chi connectivity index (χ0) is 18.1.